The molecule has 0 unspecified atom stereocenters. The third kappa shape index (κ3) is 1.98. The Labute approximate surface area is 106 Å². The van der Waals surface area contributed by atoms with Crippen LogP contribution < -0.4 is 4.74 Å². The smallest absolute Gasteiger partial charge is 0.133 e. The second kappa shape index (κ2) is 4.19. The molecule has 2 nitrogen and oxygen atoms in total. The molecule has 0 spiro atoms. The Morgan fingerprint density at radius 2 is 2.24 bits per heavy atom. The molecule has 0 radical (unpaired) electrons. The van der Waals surface area contributed by atoms with E-state index in [1.807, 2.05) is 6.92 Å². The molecule has 0 bridgehead atoms. The Morgan fingerprint density at radius 1 is 1.35 bits per heavy atom. The largest absolute Gasteiger partial charge is 0.493 e. The summed E-state index contributed by atoms with van der Waals surface area (Å²) in [5.74, 6) is 1.01. The highest BCUT2D eigenvalue weighted by molar-refractivity contribution is 6.34. The lowest BCUT2D eigenvalue weighted by atomic mass is 9.98. The maximum absolute atomic E-state index is 6.14. The van der Waals surface area contributed by atoms with E-state index in [0.29, 0.717) is 5.16 Å². The summed E-state index contributed by atoms with van der Waals surface area (Å²) >= 11 is 6.14. The van der Waals surface area contributed by atoms with Crippen LogP contribution in [-0.2, 0) is 6.42 Å². The molecule has 0 saturated carbocycles. The lowest BCUT2D eigenvalue weighted by Crippen LogP contribution is -2.08. The molecule has 0 amide bonds. The van der Waals surface area contributed by atoms with Gasteiger partial charge in [0.1, 0.15) is 10.9 Å². The average Bonchev–Trinajstić information content (AvgIpc) is 2.68. The maximum Gasteiger partial charge on any atom is 0.133 e. The van der Waals surface area contributed by atoms with Crippen molar-refractivity contribution >= 4 is 22.9 Å². The summed E-state index contributed by atoms with van der Waals surface area (Å²) in [7, 11) is 0. The Balaban J connectivity index is 1.98. The van der Waals surface area contributed by atoms with E-state index in [0.717, 1.165) is 48.5 Å². The zero-order valence-corrected chi connectivity index (χ0v) is 10.5. The van der Waals surface area contributed by atoms with Gasteiger partial charge in [-0.25, -0.2) is 4.99 Å². The van der Waals surface area contributed by atoms with Crippen molar-refractivity contribution in [3.63, 3.8) is 0 Å². The van der Waals surface area contributed by atoms with Crippen LogP contribution in [0.2, 0.25) is 0 Å². The Morgan fingerprint density at radius 3 is 3.00 bits per heavy atom. The van der Waals surface area contributed by atoms with Crippen molar-refractivity contribution in [2.24, 2.45) is 4.99 Å². The number of aliphatic imine (C=N–C) groups is 1. The normalized spacial score (nSPS) is 18.8. The molecular weight excluding hydrogens is 234 g/mol. The molecule has 0 N–H and O–H groups in total. The topological polar surface area (TPSA) is 21.6 Å². The van der Waals surface area contributed by atoms with E-state index in [1.165, 1.54) is 5.56 Å². The monoisotopic (exact) mass is 247 g/mol. The molecule has 3 rings (SSSR count). The van der Waals surface area contributed by atoms with Crippen LogP contribution in [0.15, 0.2) is 28.3 Å². The minimum atomic E-state index is 0.623. The lowest BCUT2D eigenvalue weighted by molar-refractivity contribution is 0.288. The number of fused-ring (bicyclic) bond motifs is 1. The Bertz CT molecular complexity index is 531. The first-order valence-corrected chi connectivity index (χ1v) is 6.31. The van der Waals surface area contributed by atoms with Crippen LogP contribution in [0.25, 0.3) is 5.57 Å². The molecular formula is C14H14ClNO. The Hall–Kier alpha value is -1.28. The summed E-state index contributed by atoms with van der Waals surface area (Å²) in [6.45, 7) is 2.82. The highest BCUT2D eigenvalue weighted by Gasteiger charge is 2.18. The van der Waals surface area contributed by atoms with Crippen LogP contribution in [0.5, 0.6) is 5.75 Å². The minimum Gasteiger partial charge on any atom is -0.493 e. The zero-order chi connectivity index (χ0) is 11.8. The van der Waals surface area contributed by atoms with Crippen molar-refractivity contribution in [3.05, 3.63) is 34.5 Å². The number of rotatable bonds is 1. The van der Waals surface area contributed by atoms with E-state index in [1.54, 1.807) is 0 Å². The summed E-state index contributed by atoms with van der Waals surface area (Å²) < 4.78 is 5.68. The molecule has 1 aromatic rings. The third-order valence-corrected chi connectivity index (χ3v) is 3.55. The van der Waals surface area contributed by atoms with Gasteiger partial charge >= 0.3 is 0 Å². The molecule has 17 heavy (non-hydrogen) atoms. The van der Waals surface area contributed by atoms with Gasteiger partial charge in [-0.3, -0.25) is 0 Å². The van der Waals surface area contributed by atoms with Crippen LogP contribution in [-0.4, -0.2) is 12.3 Å². The number of halogens is 1. The fourth-order valence-corrected chi connectivity index (χ4v) is 2.67. The molecule has 0 aromatic heterocycles. The van der Waals surface area contributed by atoms with E-state index in [4.69, 9.17) is 16.3 Å². The zero-order valence-electron chi connectivity index (χ0n) is 9.79. The fourth-order valence-electron chi connectivity index (χ4n) is 2.35. The van der Waals surface area contributed by atoms with Crippen LogP contribution >= 0.6 is 11.6 Å². The first kappa shape index (κ1) is 10.8. The number of allylic oxidation sites excluding steroid dienone is 1. The van der Waals surface area contributed by atoms with Gasteiger partial charge in [0.2, 0.25) is 0 Å². The first-order valence-electron chi connectivity index (χ1n) is 5.93. The van der Waals surface area contributed by atoms with Crippen molar-refractivity contribution in [3.8, 4) is 5.75 Å². The second-order valence-electron chi connectivity index (χ2n) is 4.57. The van der Waals surface area contributed by atoms with E-state index < -0.39 is 0 Å². The number of hydrogen-bond donors (Lipinski definition) is 0. The van der Waals surface area contributed by atoms with E-state index in [9.17, 15) is 0 Å². The quantitative estimate of drug-likeness (QED) is 0.692. The molecule has 3 heteroatoms. The van der Waals surface area contributed by atoms with E-state index in [-0.39, 0.29) is 0 Å². The van der Waals surface area contributed by atoms with Gasteiger partial charge in [0.15, 0.2) is 0 Å². The average molecular weight is 248 g/mol. The van der Waals surface area contributed by atoms with Gasteiger partial charge in [0, 0.05) is 17.7 Å². The van der Waals surface area contributed by atoms with E-state index in [2.05, 4.69) is 23.2 Å². The number of benzene rings is 1. The molecule has 2 heterocycles. The lowest BCUT2D eigenvalue weighted by Gasteiger charge is -2.18. The summed E-state index contributed by atoms with van der Waals surface area (Å²) in [6.07, 6.45) is 3.06. The van der Waals surface area contributed by atoms with Crippen molar-refractivity contribution in [2.75, 3.05) is 6.61 Å². The van der Waals surface area contributed by atoms with Crippen LogP contribution in [0.3, 0.4) is 0 Å². The molecule has 2 aliphatic heterocycles. The molecule has 0 fully saturated rings. The van der Waals surface area contributed by atoms with Gasteiger partial charge in [0.05, 0.1) is 6.61 Å². The number of nitrogens with zero attached hydrogens (tertiary/aromatic N) is 1. The highest BCUT2D eigenvalue weighted by Crippen LogP contribution is 2.35. The predicted octanol–water partition coefficient (Wildman–Crippen LogP) is 3.78. The SMILES string of the molecule is CC1=NC(Cl)=C(c2ccc3c(c2)OCCC3)C1. The molecule has 0 atom stereocenters. The van der Waals surface area contributed by atoms with Gasteiger partial charge in [-0.2, -0.15) is 0 Å². The number of ether oxygens (including phenoxy) is 1. The molecule has 0 saturated heterocycles. The summed E-state index contributed by atoms with van der Waals surface area (Å²) in [5.41, 5.74) is 4.62. The number of hydrogen-bond acceptors (Lipinski definition) is 2. The van der Waals surface area contributed by atoms with Gasteiger partial charge < -0.3 is 4.74 Å². The van der Waals surface area contributed by atoms with Crippen LogP contribution in [0, 0.1) is 0 Å². The molecule has 88 valence electrons. The minimum absolute atomic E-state index is 0.623. The van der Waals surface area contributed by atoms with Gasteiger partial charge in [-0.1, -0.05) is 23.7 Å². The van der Waals surface area contributed by atoms with E-state index >= 15 is 0 Å². The number of aryl methyl sites for hydroxylation is 1. The Kier molecular flexibility index (Phi) is 2.67. The summed E-state index contributed by atoms with van der Waals surface area (Å²) in [5, 5.41) is 0.623. The molecule has 2 aliphatic rings. The summed E-state index contributed by atoms with van der Waals surface area (Å²) in [6, 6.07) is 6.37. The van der Waals surface area contributed by atoms with Crippen molar-refractivity contribution in [1.82, 2.24) is 0 Å². The molecule has 0 aliphatic carbocycles. The van der Waals surface area contributed by atoms with Crippen LogP contribution in [0.1, 0.15) is 30.9 Å². The second-order valence-corrected chi connectivity index (χ2v) is 4.93. The fraction of sp³-hybridized carbons (Fsp3) is 0.357. The highest BCUT2D eigenvalue weighted by atomic mass is 35.5. The van der Waals surface area contributed by atoms with Crippen molar-refractivity contribution in [2.45, 2.75) is 26.2 Å². The summed E-state index contributed by atoms with van der Waals surface area (Å²) in [4.78, 5) is 4.28. The maximum atomic E-state index is 6.14. The predicted molar refractivity (Wildman–Crippen MR) is 70.8 cm³/mol. The molecule has 1 aromatic carbocycles. The third-order valence-electron chi connectivity index (χ3n) is 3.23. The van der Waals surface area contributed by atoms with Crippen molar-refractivity contribution < 1.29 is 4.74 Å². The van der Waals surface area contributed by atoms with Gasteiger partial charge in [-0.15, -0.1) is 0 Å². The standard InChI is InChI=1S/C14H14ClNO/c1-9-7-12(14(15)16-9)11-5-4-10-3-2-6-17-13(10)8-11/h4-5,8H,2-3,6-7H2,1H3. The first-order chi connectivity index (χ1) is 8.24. The van der Waals surface area contributed by atoms with Gasteiger partial charge in [-0.05, 0) is 37.0 Å². The van der Waals surface area contributed by atoms with Crippen molar-refractivity contribution in [1.29, 1.82) is 0 Å². The van der Waals surface area contributed by atoms with Gasteiger partial charge in [0.25, 0.3) is 0 Å². The van der Waals surface area contributed by atoms with Crippen LogP contribution in [0.4, 0.5) is 0 Å².